The molecule has 0 aliphatic heterocycles. The van der Waals surface area contributed by atoms with Gasteiger partial charge in [0.25, 0.3) is 5.91 Å². The Labute approximate surface area is 110 Å². The van der Waals surface area contributed by atoms with E-state index in [1.807, 2.05) is 17.5 Å². The number of nitrogens with zero attached hydrogens (tertiary/aromatic N) is 1. The van der Waals surface area contributed by atoms with E-state index in [-0.39, 0.29) is 11.9 Å². The molecule has 1 atom stereocenters. The van der Waals surface area contributed by atoms with Gasteiger partial charge in [-0.15, -0.1) is 11.3 Å². The molecule has 2 rings (SSSR count). The van der Waals surface area contributed by atoms with E-state index in [1.54, 1.807) is 25.2 Å². The van der Waals surface area contributed by atoms with Gasteiger partial charge in [0.1, 0.15) is 11.3 Å². The van der Waals surface area contributed by atoms with Gasteiger partial charge in [-0.3, -0.25) is 4.79 Å². The van der Waals surface area contributed by atoms with Gasteiger partial charge >= 0.3 is 0 Å². The summed E-state index contributed by atoms with van der Waals surface area (Å²) in [5.74, 6) is 0.442. The zero-order valence-electron chi connectivity index (χ0n) is 10.7. The molecule has 2 aromatic rings. The normalized spacial score (nSPS) is 12.4. The van der Waals surface area contributed by atoms with Gasteiger partial charge in [-0.25, -0.2) is 0 Å². The minimum Gasteiger partial charge on any atom is -0.361 e. The van der Waals surface area contributed by atoms with Crippen LogP contribution >= 0.6 is 11.3 Å². The first kappa shape index (κ1) is 12.8. The number of hydrogen-bond donors (Lipinski definition) is 1. The number of aromatic nitrogens is 1. The fourth-order valence-corrected chi connectivity index (χ4v) is 2.76. The molecule has 0 aliphatic carbocycles. The Morgan fingerprint density at radius 2 is 2.33 bits per heavy atom. The number of aryl methyl sites for hydroxylation is 2. The van der Waals surface area contributed by atoms with Gasteiger partial charge in [0.05, 0.1) is 11.7 Å². The third-order valence-corrected chi connectivity index (χ3v) is 3.85. The maximum atomic E-state index is 12.2. The molecule has 0 saturated carbocycles. The van der Waals surface area contributed by atoms with Gasteiger partial charge in [0.15, 0.2) is 0 Å². The fraction of sp³-hybridized carbons (Fsp3) is 0.385. The van der Waals surface area contributed by atoms with Crippen LogP contribution in [0.2, 0.25) is 0 Å². The van der Waals surface area contributed by atoms with Crippen molar-refractivity contribution in [2.24, 2.45) is 0 Å². The van der Waals surface area contributed by atoms with Crippen LogP contribution in [0.25, 0.3) is 0 Å². The minimum atomic E-state index is -0.119. The van der Waals surface area contributed by atoms with Crippen molar-refractivity contribution in [2.75, 3.05) is 0 Å². The van der Waals surface area contributed by atoms with Crippen LogP contribution in [0.4, 0.5) is 0 Å². The highest BCUT2D eigenvalue weighted by Gasteiger charge is 2.21. The molecule has 96 valence electrons. The average Bonchev–Trinajstić information content (AvgIpc) is 2.96. The summed E-state index contributed by atoms with van der Waals surface area (Å²) in [6, 6.07) is 4.07. The third-order valence-electron chi connectivity index (χ3n) is 2.86. The number of hydrogen-bond acceptors (Lipinski definition) is 4. The zero-order chi connectivity index (χ0) is 13.1. The first-order valence-electron chi connectivity index (χ1n) is 5.90. The van der Waals surface area contributed by atoms with Crippen molar-refractivity contribution in [1.29, 1.82) is 0 Å². The van der Waals surface area contributed by atoms with Crippen LogP contribution in [0.3, 0.4) is 0 Å². The lowest BCUT2D eigenvalue weighted by Gasteiger charge is -2.15. The zero-order valence-corrected chi connectivity index (χ0v) is 11.5. The standard InChI is InChI=1S/C13H16N2O2S/c1-4-10(11-6-5-7-18-11)14-13(16)12-8(2)15-17-9(12)3/h5-7,10H,4H2,1-3H3,(H,14,16). The number of amides is 1. The number of thiophene rings is 1. The average molecular weight is 264 g/mol. The van der Waals surface area contributed by atoms with E-state index in [0.717, 1.165) is 11.3 Å². The van der Waals surface area contributed by atoms with Gasteiger partial charge in [-0.2, -0.15) is 0 Å². The summed E-state index contributed by atoms with van der Waals surface area (Å²) in [5.41, 5.74) is 1.18. The van der Waals surface area contributed by atoms with E-state index >= 15 is 0 Å². The molecular weight excluding hydrogens is 248 g/mol. The first-order valence-corrected chi connectivity index (χ1v) is 6.78. The predicted octanol–water partition coefficient (Wildman–Crippen LogP) is 3.23. The summed E-state index contributed by atoms with van der Waals surface area (Å²) in [4.78, 5) is 13.4. The number of carbonyl (C=O) groups excluding carboxylic acids is 1. The molecule has 1 N–H and O–H groups in total. The lowest BCUT2D eigenvalue weighted by molar-refractivity contribution is 0.0934. The van der Waals surface area contributed by atoms with Gasteiger partial charge in [-0.05, 0) is 31.7 Å². The topological polar surface area (TPSA) is 55.1 Å². The van der Waals surface area contributed by atoms with E-state index < -0.39 is 0 Å². The van der Waals surface area contributed by atoms with Crippen LogP contribution in [-0.4, -0.2) is 11.1 Å². The molecule has 4 nitrogen and oxygen atoms in total. The van der Waals surface area contributed by atoms with E-state index in [1.165, 1.54) is 0 Å². The monoisotopic (exact) mass is 264 g/mol. The van der Waals surface area contributed by atoms with Crippen LogP contribution in [0, 0.1) is 13.8 Å². The highest BCUT2D eigenvalue weighted by Crippen LogP contribution is 2.23. The van der Waals surface area contributed by atoms with Crippen LogP contribution in [-0.2, 0) is 0 Å². The van der Waals surface area contributed by atoms with Crippen molar-refractivity contribution < 1.29 is 9.32 Å². The van der Waals surface area contributed by atoms with Crippen molar-refractivity contribution in [3.63, 3.8) is 0 Å². The summed E-state index contributed by atoms with van der Waals surface area (Å²) >= 11 is 1.65. The number of rotatable bonds is 4. The Hall–Kier alpha value is -1.62. The van der Waals surface area contributed by atoms with Crippen LogP contribution < -0.4 is 5.32 Å². The van der Waals surface area contributed by atoms with Crippen LogP contribution in [0.15, 0.2) is 22.0 Å². The van der Waals surface area contributed by atoms with Gasteiger partial charge < -0.3 is 9.84 Å². The van der Waals surface area contributed by atoms with Crippen molar-refractivity contribution >= 4 is 17.2 Å². The van der Waals surface area contributed by atoms with Gasteiger partial charge in [-0.1, -0.05) is 18.1 Å². The molecular formula is C13H16N2O2S. The maximum Gasteiger partial charge on any atom is 0.257 e. The Bertz CT molecular complexity index is 512. The Morgan fingerprint density at radius 1 is 1.56 bits per heavy atom. The second-order valence-electron chi connectivity index (χ2n) is 4.15. The van der Waals surface area contributed by atoms with E-state index in [4.69, 9.17) is 4.52 Å². The molecule has 18 heavy (non-hydrogen) atoms. The fourth-order valence-electron chi connectivity index (χ4n) is 1.90. The Kier molecular flexibility index (Phi) is 3.81. The van der Waals surface area contributed by atoms with E-state index in [2.05, 4.69) is 17.4 Å². The summed E-state index contributed by atoms with van der Waals surface area (Å²) in [6.45, 7) is 5.58. The molecule has 1 unspecified atom stereocenters. The van der Waals surface area contributed by atoms with Crippen molar-refractivity contribution in [1.82, 2.24) is 10.5 Å². The lowest BCUT2D eigenvalue weighted by atomic mass is 10.1. The largest absolute Gasteiger partial charge is 0.361 e. The second kappa shape index (κ2) is 5.35. The second-order valence-corrected chi connectivity index (χ2v) is 5.13. The van der Waals surface area contributed by atoms with Crippen LogP contribution in [0.5, 0.6) is 0 Å². The molecule has 1 amide bonds. The molecule has 0 aliphatic rings. The van der Waals surface area contributed by atoms with E-state index in [0.29, 0.717) is 17.0 Å². The molecule has 0 radical (unpaired) electrons. The third kappa shape index (κ3) is 2.46. The SMILES string of the molecule is CCC(NC(=O)c1c(C)noc1C)c1cccs1. The van der Waals surface area contributed by atoms with Gasteiger partial charge in [0.2, 0.25) is 0 Å². The quantitative estimate of drug-likeness (QED) is 0.922. The Balaban J connectivity index is 2.16. The van der Waals surface area contributed by atoms with Crippen molar-refractivity contribution in [3.05, 3.63) is 39.4 Å². The predicted molar refractivity (Wildman–Crippen MR) is 70.8 cm³/mol. The maximum absolute atomic E-state index is 12.2. The molecule has 0 fully saturated rings. The first-order chi connectivity index (χ1) is 8.63. The number of nitrogens with one attached hydrogen (secondary N) is 1. The smallest absolute Gasteiger partial charge is 0.257 e. The van der Waals surface area contributed by atoms with Crippen molar-refractivity contribution in [2.45, 2.75) is 33.2 Å². The summed E-state index contributed by atoms with van der Waals surface area (Å²) in [6.07, 6.45) is 0.857. The molecule has 2 heterocycles. The molecule has 0 aromatic carbocycles. The number of carbonyl (C=O) groups is 1. The van der Waals surface area contributed by atoms with E-state index in [9.17, 15) is 4.79 Å². The highest BCUT2D eigenvalue weighted by atomic mass is 32.1. The minimum absolute atomic E-state index is 0.0474. The Morgan fingerprint density at radius 3 is 2.83 bits per heavy atom. The molecule has 0 saturated heterocycles. The molecule has 5 heteroatoms. The lowest BCUT2D eigenvalue weighted by Crippen LogP contribution is -2.28. The van der Waals surface area contributed by atoms with Crippen molar-refractivity contribution in [3.8, 4) is 0 Å². The summed E-state index contributed by atoms with van der Waals surface area (Å²) in [7, 11) is 0. The summed E-state index contributed by atoms with van der Waals surface area (Å²) in [5, 5.41) is 8.84. The van der Waals surface area contributed by atoms with Gasteiger partial charge in [0, 0.05) is 4.88 Å². The van der Waals surface area contributed by atoms with Crippen LogP contribution in [0.1, 0.15) is 46.1 Å². The summed E-state index contributed by atoms with van der Waals surface area (Å²) < 4.78 is 5.01. The molecule has 0 bridgehead atoms. The molecule has 2 aromatic heterocycles. The molecule has 0 spiro atoms. The highest BCUT2D eigenvalue weighted by molar-refractivity contribution is 7.10.